The zero-order valence-electron chi connectivity index (χ0n) is 13.6. The van der Waals surface area contributed by atoms with Crippen LogP contribution in [0.25, 0.3) is 0 Å². The Hall–Kier alpha value is -0.650. The largest absolute Gasteiger partial charge is 0.468 e. The van der Waals surface area contributed by atoms with Crippen LogP contribution in [0.15, 0.2) is 0 Å². The summed E-state index contributed by atoms with van der Waals surface area (Å²) in [4.78, 5) is 14.7. The second-order valence-corrected chi connectivity index (χ2v) is 5.90. The van der Waals surface area contributed by atoms with Gasteiger partial charge in [0, 0.05) is 26.2 Å². The number of nitrogens with zero attached hydrogens (tertiary/aromatic N) is 1. The molecule has 1 rings (SSSR count). The molecule has 0 bridgehead atoms. The van der Waals surface area contributed by atoms with Crippen molar-refractivity contribution in [1.29, 1.82) is 0 Å². The second-order valence-electron chi connectivity index (χ2n) is 5.90. The molecule has 1 atom stereocenters. The maximum absolute atomic E-state index is 12.4. The Bertz CT molecular complexity index is 305. The Morgan fingerprint density at radius 2 is 2.05 bits per heavy atom. The van der Waals surface area contributed by atoms with Gasteiger partial charge in [0.1, 0.15) is 5.54 Å². The van der Waals surface area contributed by atoms with Crippen LogP contribution in [-0.4, -0.2) is 62.9 Å². The lowest BCUT2D eigenvalue weighted by Gasteiger charge is -2.38. The van der Waals surface area contributed by atoms with E-state index in [-0.39, 0.29) is 12.0 Å². The van der Waals surface area contributed by atoms with Crippen molar-refractivity contribution >= 4 is 5.97 Å². The van der Waals surface area contributed by atoms with Gasteiger partial charge < -0.3 is 9.47 Å². The maximum Gasteiger partial charge on any atom is 0.327 e. The van der Waals surface area contributed by atoms with E-state index in [1.807, 2.05) is 0 Å². The lowest BCUT2D eigenvalue weighted by molar-refractivity contribution is -0.151. The molecule has 1 aliphatic carbocycles. The summed E-state index contributed by atoms with van der Waals surface area (Å²) in [5.41, 5.74) is -0.577. The summed E-state index contributed by atoms with van der Waals surface area (Å²) in [6.07, 6.45) is 2.19. The molecule has 5 nitrogen and oxygen atoms in total. The van der Waals surface area contributed by atoms with Gasteiger partial charge in [0.2, 0.25) is 0 Å². The first kappa shape index (κ1) is 17.4. The molecule has 1 N–H and O–H groups in total. The number of rotatable bonds is 10. The van der Waals surface area contributed by atoms with Crippen LogP contribution >= 0.6 is 0 Å². The van der Waals surface area contributed by atoms with E-state index in [2.05, 4.69) is 31.0 Å². The van der Waals surface area contributed by atoms with E-state index in [0.29, 0.717) is 19.1 Å². The molecular weight excluding hydrogens is 256 g/mol. The molecule has 0 heterocycles. The highest BCUT2D eigenvalue weighted by Gasteiger charge is 2.52. The average Bonchev–Trinajstić information content (AvgIpc) is 3.25. The van der Waals surface area contributed by atoms with Crippen molar-refractivity contribution in [2.24, 2.45) is 5.92 Å². The Morgan fingerprint density at radius 3 is 2.45 bits per heavy atom. The molecule has 0 aromatic carbocycles. The number of methoxy groups -OCH3 is 2. The van der Waals surface area contributed by atoms with Gasteiger partial charge in [-0.25, -0.2) is 4.79 Å². The standard InChI is InChI=1S/C15H30N2O3/c1-6-17(9-10-19-4)11-15(13-7-8-13,14(18)20-5)16-12(2)3/h12-13,16H,6-11H2,1-5H3. The van der Waals surface area contributed by atoms with Crippen LogP contribution in [-0.2, 0) is 14.3 Å². The summed E-state index contributed by atoms with van der Waals surface area (Å²) in [5.74, 6) is 0.249. The first-order chi connectivity index (χ1) is 9.50. The van der Waals surface area contributed by atoms with E-state index in [1.165, 1.54) is 7.11 Å². The van der Waals surface area contributed by atoms with Crippen LogP contribution in [0.2, 0.25) is 0 Å². The molecule has 1 fully saturated rings. The summed E-state index contributed by atoms with van der Waals surface area (Å²) in [6.45, 7) is 9.35. The number of carbonyl (C=O) groups is 1. The fourth-order valence-electron chi connectivity index (χ4n) is 2.78. The summed E-state index contributed by atoms with van der Waals surface area (Å²) in [6, 6.07) is 0.246. The van der Waals surface area contributed by atoms with Gasteiger partial charge in [-0.1, -0.05) is 6.92 Å². The van der Waals surface area contributed by atoms with Crippen molar-refractivity contribution in [1.82, 2.24) is 10.2 Å². The minimum absolute atomic E-state index is 0.135. The molecule has 1 saturated carbocycles. The van der Waals surface area contributed by atoms with E-state index in [9.17, 15) is 4.79 Å². The van der Waals surface area contributed by atoms with E-state index in [0.717, 1.165) is 25.9 Å². The summed E-state index contributed by atoms with van der Waals surface area (Å²) < 4.78 is 10.3. The van der Waals surface area contributed by atoms with E-state index in [4.69, 9.17) is 9.47 Å². The average molecular weight is 286 g/mol. The highest BCUT2D eigenvalue weighted by molar-refractivity contribution is 5.82. The number of likely N-dealkylation sites (N-methyl/N-ethyl adjacent to an activating group) is 1. The van der Waals surface area contributed by atoms with Gasteiger partial charge in [0.25, 0.3) is 0 Å². The minimum Gasteiger partial charge on any atom is -0.468 e. The molecule has 0 aromatic rings. The predicted molar refractivity (Wildman–Crippen MR) is 79.7 cm³/mol. The topological polar surface area (TPSA) is 50.8 Å². The highest BCUT2D eigenvalue weighted by atomic mass is 16.5. The fourth-order valence-corrected chi connectivity index (χ4v) is 2.78. The number of hydrogen-bond donors (Lipinski definition) is 1. The molecular formula is C15H30N2O3. The molecule has 0 spiro atoms. The third kappa shape index (κ3) is 4.43. The third-order valence-electron chi connectivity index (χ3n) is 3.90. The van der Waals surface area contributed by atoms with Crippen LogP contribution in [0.5, 0.6) is 0 Å². The quantitative estimate of drug-likeness (QED) is 0.613. The zero-order chi connectivity index (χ0) is 15.2. The first-order valence-corrected chi connectivity index (χ1v) is 7.57. The normalized spacial score (nSPS) is 18.4. The molecule has 5 heteroatoms. The Kier molecular flexibility index (Phi) is 6.92. The van der Waals surface area contributed by atoms with Crippen LogP contribution in [0.4, 0.5) is 0 Å². The van der Waals surface area contributed by atoms with Crippen molar-refractivity contribution in [2.75, 3.05) is 40.5 Å². The number of hydrogen-bond acceptors (Lipinski definition) is 5. The Labute approximate surface area is 123 Å². The van der Waals surface area contributed by atoms with Crippen molar-refractivity contribution in [3.8, 4) is 0 Å². The molecule has 1 aliphatic rings. The van der Waals surface area contributed by atoms with Gasteiger partial charge >= 0.3 is 5.97 Å². The molecule has 0 saturated heterocycles. The molecule has 0 aromatic heterocycles. The van der Waals surface area contributed by atoms with Crippen molar-refractivity contribution in [3.63, 3.8) is 0 Å². The summed E-state index contributed by atoms with van der Waals surface area (Å²) in [5, 5.41) is 3.49. The van der Waals surface area contributed by atoms with Crippen molar-refractivity contribution in [3.05, 3.63) is 0 Å². The third-order valence-corrected chi connectivity index (χ3v) is 3.90. The smallest absolute Gasteiger partial charge is 0.327 e. The van der Waals surface area contributed by atoms with Gasteiger partial charge in [0.05, 0.1) is 13.7 Å². The second kappa shape index (κ2) is 7.96. The summed E-state index contributed by atoms with van der Waals surface area (Å²) >= 11 is 0. The van der Waals surface area contributed by atoms with E-state index >= 15 is 0 Å². The number of ether oxygens (including phenoxy) is 2. The minimum atomic E-state index is -0.577. The Balaban J connectivity index is 2.86. The lowest BCUT2D eigenvalue weighted by atomic mass is 9.91. The number of nitrogens with one attached hydrogen (secondary N) is 1. The molecule has 118 valence electrons. The van der Waals surface area contributed by atoms with E-state index < -0.39 is 5.54 Å². The van der Waals surface area contributed by atoms with Gasteiger partial charge in [-0.2, -0.15) is 0 Å². The lowest BCUT2D eigenvalue weighted by Crippen LogP contribution is -2.63. The van der Waals surface area contributed by atoms with Crippen molar-refractivity contribution in [2.45, 2.75) is 45.2 Å². The molecule has 0 aliphatic heterocycles. The molecule has 20 heavy (non-hydrogen) atoms. The SMILES string of the molecule is CCN(CCOC)CC(NC(C)C)(C(=O)OC)C1CC1. The molecule has 1 unspecified atom stereocenters. The van der Waals surface area contributed by atoms with Crippen LogP contribution in [0.1, 0.15) is 33.6 Å². The van der Waals surface area contributed by atoms with Gasteiger partial charge in [-0.3, -0.25) is 10.2 Å². The van der Waals surface area contributed by atoms with E-state index in [1.54, 1.807) is 7.11 Å². The van der Waals surface area contributed by atoms with Gasteiger partial charge in [-0.15, -0.1) is 0 Å². The predicted octanol–water partition coefficient (Wildman–Crippen LogP) is 1.27. The zero-order valence-corrected chi connectivity index (χ0v) is 13.6. The molecule has 0 radical (unpaired) electrons. The van der Waals surface area contributed by atoms with Crippen LogP contribution < -0.4 is 5.32 Å². The fraction of sp³-hybridized carbons (Fsp3) is 0.933. The highest BCUT2D eigenvalue weighted by Crippen LogP contribution is 2.41. The first-order valence-electron chi connectivity index (χ1n) is 7.57. The number of carbonyl (C=O) groups excluding carboxylic acids is 1. The van der Waals surface area contributed by atoms with Gasteiger partial charge in [0.15, 0.2) is 0 Å². The van der Waals surface area contributed by atoms with Crippen LogP contribution in [0.3, 0.4) is 0 Å². The monoisotopic (exact) mass is 286 g/mol. The maximum atomic E-state index is 12.4. The number of esters is 1. The van der Waals surface area contributed by atoms with Gasteiger partial charge in [-0.05, 0) is 39.2 Å². The molecule has 0 amide bonds. The Morgan fingerprint density at radius 1 is 1.40 bits per heavy atom. The summed E-state index contributed by atoms with van der Waals surface area (Å²) in [7, 11) is 3.18. The van der Waals surface area contributed by atoms with Crippen LogP contribution in [0, 0.1) is 5.92 Å². The van der Waals surface area contributed by atoms with Crippen molar-refractivity contribution < 1.29 is 14.3 Å².